The second-order valence-electron chi connectivity index (χ2n) is 3.84. The number of benzene rings is 2. The largest absolute Gasteiger partial charge is 0.0984 e. The number of thioether (sulfide) groups is 2. The van der Waals surface area contributed by atoms with Gasteiger partial charge in [-0.25, -0.2) is 0 Å². The van der Waals surface area contributed by atoms with Gasteiger partial charge in [-0.2, -0.15) is 0 Å². The molecule has 0 saturated carbocycles. The van der Waals surface area contributed by atoms with Crippen molar-refractivity contribution >= 4 is 23.5 Å². The summed E-state index contributed by atoms with van der Waals surface area (Å²) < 4.78 is 0. The van der Waals surface area contributed by atoms with Gasteiger partial charge in [-0.3, -0.25) is 0 Å². The highest BCUT2D eigenvalue weighted by Crippen LogP contribution is 2.19. The van der Waals surface area contributed by atoms with E-state index in [2.05, 4.69) is 71.5 Å². The smallest absolute Gasteiger partial charge is 0.0116 e. The fraction of sp³-hybridized carbons (Fsp3) is 0.0588. The predicted octanol–water partition coefficient (Wildman–Crippen LogP) is 5.99. The number of allylic oxidation sites excluding steroid dienone is 2. The molecule has 0 saturated heterocycles. The van der Waals surface area contributed by atoms with Crippen LogP contribution in [0, 0.1) is 0 Å². The lowest BCUT2D eigenvalue weighted by atomic mass is 10.4. The lowest BCUT2D eigenvalue weighted by Crippen LogP contribution is -1.65. The Morgan fingerprint density at radius 1 is 0.632 bits per heavy atom. The second kappa shape index (κ2) is 8.68. The van der Waals surface area contributed by atoms with Gasteiger partial charge in [-0.05, 0) is 41.5 Å². The van der Waals surface area contributed by atoms with Crippen molar-refractivity contribution in [3.8, 4) is 0 Å². The molecule has 2 rings (SSSR count). The van der Waals surface area contributed by atoms with Crippen molar-refractivity contribution in [1.82, 2.24) is 0 Å². The fourth-order valence-corrected chi connectivity index (χ4v) is 2.80. The summed E-state index contributed by atoms with van der Waals surface area (Å²) in [6.45, 7) is 0. The van der Waals surface area contributed by atoms with E-state index in [9.17, 15) is 0 Å². The Morgan fingerprint density at radius 3 is 1.47 bits per heavy atom. The molecule has 0 aliphatic heterocycles. The first-order chi connectivity index (χ1) is 9.45. The molecule has 0 bridgehead atoms. The van der Waals surface area contributed by atoms with E-state index in [0.29, 0.717) is 0 Å². The van der Waals surface area contributed by atoms with Gasteiger partial charge >= 0.3 is 0 Å². The maximum absolute atomic E-state index is 2.18. The molecule has 96 valence electrons. The van der Waals surface area contributed by atoms with E-state index < -0.39 is 0 Å². The Morgan fingerprint density at radius 2 is 1.05 bits per heavy atom. The summed E-state index contributed by atoms with van der Waals surface area (Å²) in [6, 6.07) is 20.8. The van der Waals surface area contributed by atoms with E-state index in [-0.39, 0.29) is 0 Å². The number of rotatable bonds is 6. The molecule has 0 aromatic heterocycles. The van der Waals surface area contributed by atoms with Crippen LogP contribution in [0.25, 0.3) is 0 Å². The van der Waals surface area contributed by atoms with Crippen molar-refractivity contribution in [1.29, 1.82) is 0 Å². The average Bonchev–Trinajstić information content (AvgIpc) is 2.48. The van der Waals surface area contributed by atoms with Crippen molar-refractivity contribution in [2.45, 2.75) is 16.2 Å². The van der Waals surface area contributed by atoms with Crippen LogP contribution in [-0.2, 0) is 0 Å². The summed E-state index contributed by atoms with van der Waals surface area (Å²) in [4.78, 5) is 2.56. The molecule has 0 fully saturated rings. The van der Waals surface area contributed by atoms with E-state index in [1.54, 1.807) is 23.5 Å². The zero-order chi connectivity index (χ0) is 13.2. The summed E-state index contributed by atoms with van der Waals surface area (Å²) in [7, 11) is 0. The van der Waals surface area contributed by atoms with E-state index in [0.717, 1.165) is 6.42 Å². The van der Waals surface area contributed by atoms with E-state index >= 15 is 0 Å². The molecule has 0 aliphatic rings. The van der Waals surface area contributed by atoms with Crippen molar-refractivity contribution < 1.29 is 0 Å². The van der Waals surface area contributed by atoms with Gasteiger partial charge in [0.05, 0.1) is 0 Å². The summed E-state index contributed by atoms with van der Waals surface area (Å²) in [5.74, 6) is 0. The standard InChI is InChI=1S/C17H16S2/c1-4-10-16(11-5-1)18-14-8-3-9-15-19-17-12-6-2-7-13-17/h1-2,4-15H,3H2/b14-8+,15-9+. The second-order valence-corrected chi connectivity index (χ2v) is 5.80. The molecule has 0 heterocycles. The van der Waals surface area contributed by atoms with Crippen molar-refractivity contribution in [2.75, 3.05) is 0 Å². The van der Waals surface area contributed by atoms with Gasteiger partial charge in [0.1, 0.15) is 0 Å². The molecule has 19 heavy (non-hydrogen) atoms. The van der Waals surface area contributed by atoms with Crippen LogP contribution in [0.1, 0.15) is 6.42 Å². The van der Waals surface area contributed by atoms with Crippen LogP contribution in [0.3, 0.4) is 0 Å². The third kappa shape index (κ3) is 5.86. The first-order valence-electron chi connectivity index (χ1n) is 6.18. The van der Waals surface area contributed by atoms with Gasteiger partial charge in [0, 0.05) is 9.79 Å². The molecule has 2 aromatic carbocycles. The monoisotopic (exact) mass is 284 g/mol. The van der Waals surface area contributed by atoms with E-state index in [1.807, 2.05) is 12.1 Å². The van der Waals surface area contributed by atoms with Gasteiger partial charge in [-0.15, -0.1) is 0 Å². The number of hydrogen-bond donors (Lipinski definition) is 0. The highest BCUT2D eigenvalue weighted by molar-refractivity contribution is 8.02. The molecule has 2 heteroatoms. The fourth-order valence-electron chi connectivity index (χ4n) is 1.44. The molecule has 0 N–H and O–H groups in total. The normalized spacial score (nSPS) is 11.4. The van der Waals surface area contributed by atoms with Gasteiger partial charge in [0.15, 0.2) is 0 Å². The molecule has 0 amide bonds. The van der Waals surface area contributed by atoms with Crippen molar-refractivity contribution in [3.63, 3.8) is 0 Å². The predicted molar refractivity (Wildman–Crippen MR) is 87.5 cm³/mol. The van der Waals surface area contributed by atoms with Crippen LogP contribution in [0.5, 0.6) is 0 Å². The van der Waals surface area contributed by atoms with Crippen LogP contribution in [0.4, 0.5) is 0 Å². The molecular formula is C17H16S2. The summed E-state index contributed by atoms with van der Waals surface area (Å²) in [5.41, 5.74) is 0. The van der Waals surface area contributed by atoms with E-state index in [1.165, 1.54) is 9.79 Å². The molecular weight excluding hydrogens is 268 g/mol. The Balaban J connectivity index is 1.66. The Hall–Kier alpha value is -1.38. The first kappa shape index (κ1) is 14.0. The summed E-state index contributed by atoms with van der Waals surface area (Å²) in [6.07, 6.45) is 5.33. The molecule has 0 unspecified atom stereocenters. The maximum atomic E-state index is 2.18. The SMILES string of the molecule is C(=C\Sc1ccccc1)/C/C=C/Sc1ccccc1. The average molecular weight is 284 g/mol. The van der Waals surface area contributed by atoms with Crippen molar-refractivity contribution in [2.24, 2.45) is 0 Å². The van der Waals surface area contributed by atoms with Gasteiger partial charge in [-0.1, -0.05) is 72.1 Å². The minimum Gasteiger partial charge on any atom is -0.0984 e. The third-order valence-corrected chi connectivity index (χ3v) is 4.11. The quantitative estimate of drug-likeness (QED) is 0.598. The van der Waals surface area contributed by atoms with Gasteiger partial charge < -0.3 is 0 Å². The van der Waals surface area contributed by atoms with Crippen molar-refractivity contribution in [3.05, 3.63) is 83.6 Å². The lowest BCUT2D eigenvalue weighted by Gasteiger charge is -1.94. The van der Waals surface area contributed by atoms with Crippen LogP contribution in [-0.4, -0.2) is 0 Å². The number of hydrogen-bond acceptors (Lipinski definition) is 2. The highest BCUT2D eigenvalue weighted by Gasteiger charge is 1.86. The third-order valence-electron chi connectivity index (χ3n) is 2.36. The van der Waals surface area contributed by atoms with Crippen LogP contribution in [0.2, 0.25) is 0 Å². The Bertz CT molecular complexity index is 466. The first-order valence-corrected chi connectivity index (χ1v) is 7.94. The zero-order valence-corrected chi connectivity index (χ0v) is 12.2. The minimum atomic E-state index is 0.972. The lowest BCUT2D eigenvalue weighted by molar-refractivity contribution is 1.41. The molecule has 2 aromatic rings. The van der Waals surface area contributed by atoms with Gasteiger partial charge in [0.25, 0.3) is 0 Å². The molecule has 0 radical (unpaired) electrons. The van der Waals surface area contributed by atoms with Gasteiger partial charge in [0.2, 0.25) is 0 Å². The summed E-state index contributed by atoms with van der Waals surface area (Å²) in [5, 5.41) is 4.29. The Kier molecular flexibility index (Phi) is 6.41. The minimum absolute atomic E-state index is 0.972. The molecule has 0 atom stereocenters. The maximum Gasteiger partial charge on any atom is 0.0116 e. The van der Waals surface area contributed by atoms with Crippen LogP contribution in [0.15, 0.2) is 93.4 Å². The highest BCUT2D eigenvalue weighted by atomic mass is 32.2. The van der Waals surface area contributed by atoms with Crippen LogP contribution >= 0.6 is 23.5 Å². The topological polar surface area (TPSA) is 0 Å². The molecule has 0 spiro atoms. The summed E-state index contributed by atoms with van der Waals surface area (Å²) >= 11 is 3.51. The molecule has 0 nitrogen and oxygen atoms in total. The zero-order valence-electron chi connectivity index (χ0n) is 10.6. The Labute approximate surface area is 123 Å². The molecule has 0 aliphatic carbocycles. The van der Waals surface area contributed by atoms with E-state index in [4.69, 9.17) is 0 Å². The van der Waals surface area contributed by atoms with Crippen LogP contribution < -0.4 is 0 Å².